The van der Waals surface area contributed by atoms with Crippen molar-refractivity contribution in [1.82, 2.24) is 20.5 Å². The molecule has 1 aliphatic rings. The van der Waals surface area contributed by atoms with Gasteiger partial charge in [0.2, 0.25) is 17.7 Å². The van der Waals surface area contributed by atoms with Crippen molar-refractivity contribution >= 4 is 47.2 Å². The average Bonchev–Trinajstić information content (AvgIpc) is 3.60. The average molecular weight is 568 g/mol. The normalized spacial score (nSPS) is 17.2. The van der Waals surface area contributed by atoms with Crippen molar-refractivity contribution in [3.63, 3.8) is 0 Å². The number of carboxylic acid groups (broad SMARTS) is 1. The van der Waals surface area contributed by atoms with Crippen LogP contribution < -0.4 is 16.4 Å². The van der Waals surface area contributed by atoms with Crippen LogP contribution in [0.2, 0.25) is 0 Å². The third-order valence-corrected chi connectivity index (χ3v) is 7.44. The number of para-hydroxylation sites is 1. The van der Waals surface area contributed by atoms with E-state index in [0.29, 0.717) is 12.8 Å². The summed E-state index contributed by atoms with van der Waals surface area (Å²) in [5.74, 6) is -2.70. The van der Waals surface area contributed by atoms with Crippen molar-refractivity contribution in [2.24, 2.45) is 5.73 Å². The van der Waals surface area contributed by atoms with Gasteiger partial charge in [-0.15, -0.1) is 0 Å². The Morgan fingerprint density at radius 3 is 2.48 bits per heavy atom. The second kappa shape index (κ2) is 12.9. The summed E-state index contributed by atoms with van der Waals surface area (Å²) in [6.45, 7) is 0.289. The maximum atomic E-state index is 13.4. The topological polar surface area (TPSA) is 178 Å². The van der Waals surface area contributed by atoms with Gasteiger partial charge in [-0.3, -0.25) is 14.4 Å². The number of phenolic OH excluding ortho intramolecular Hbond substituents is 1. The molecule has 1 saturated heterocycles. The number of nitrogens with one attached hydrogen (secondary N) is 3. The number of carboxylic acids is 1. The standard InChI is InChI=1S/C28H33N5O6S/c29-20(12-16-7-9-18(34)10-8-16)25(35)32-23(15-40)27(37)33-11-3-6-24(33)26(36)31-22(28(38)39)13-17-14-30-21-5-2-1-4-19(17)21/h1-2,4-5,7-10,14,20,22-24,30,34,40H,3,6,11-13,15,29H2,(H,31,36)(H,32,35)(H,38,39). The molecule has 11 nitrogen and oxygen atoms in total. The summed E-state index contributed by atoms with van der Waals surface area (Å²) < 4.78 is 0. The lowest BCUT2D eigenvalue weighted by atomic mass is 10.0. The number of nitrogens with two attached hydrogens (primary N) is 1. The molecule has 0 bridgehead atoms. The van der Waals surface area contributed by atoms with E-state index >= 15 is 0 Å². The first-order chi connectivity index (χ1) is 19.2. The molecule has 4 atom stereocenters. The Kier molecular flexibility index (Phi) is 9.33. The van der Waals surface area contributed by atoms with Crippen molar-refractivity contribution in [1.29, 1.82) is 0 Å². The quantitative estimate of drug-likeness (QED) is 0.169. The third kappa shape index (κ3) is 6.75. The summed E-state index contributed by atoms with van der Waals surface area (Å²) in [7, 11) is 0. The van der Waals surface area contributed by atoms with Crippen LogP contribution in [0.15, 0.2) is 54.7 Å². The van der Waals surface area contributed by atoms with Crippen LogP contribution in [0.5, 0.6) is 5.75 Å². The van der Waals surface area contributed by atoms with Gasteiger partial charge in [0, 0.05) is 35.8 Å². The summed E-state index contributed by atoms with van der Waals surface area (Å²) >= 11 is 4.23. The highest BCUT2D eigenvalue weighted by Gasteiger charge is 2.39. The van der Waals surface area contributed by atoms with Crippen LogP contribution in [0.3, 0.4) is 0 Å². The first-order valence-electron chi connectivity index (χ1n) is 13.0. The van der Waals surface area contributed by atoms with Crippen LogP contribution in [0, 0.1) is 0 Å². The van der Waals surface area contributed by atoms with E-state index in [4.69, 9.17) is 5.73 Å². The summed E-state index contributed by atoms with van der Waals surface area (Å²) in [6, 6.07) is 9.75. The molecule has 2 aromatic carbocycles. The summed E-state index contributed by atoms with van der Waals surface area (Å²) in [5, 5.41) is 25.4. The number of phenols is 1. The molecule has 1 fully saturated rings. The molecule has 4 unspecified atom stereocenters. The molecule has 7 N–H and O–H groups in total. The lowest BCUT2D eigenvalue weighted by Gasteiger charge is -2.29. The number of thiol groups is 1. The highest BCUT2D eigenvalue weighted by Crippen LogP contribution is 2.22. The number of aliphatic carboxylic acids is 1. The van der Waals surface area contributed by atoms with Crippen LogP contribution >= 0.6 is 12.6 Å². The van der Waals surface area contributed by atoms with Crippen molar-refractivity contribution in [2.75, 3.05) is 12.3 Å². The number of aromatic nitrogens is 1. The first-order valence-corrected chi connectivity index (χ1v) is 13.6. The number of carbonyl (C=O) groups excluding carboxylic acids is 3. The predicted molar refractivity (Wildman–Crippen MR) is 152 cm³/mol. The fourth-order valence-electron chi connectivity index (χ4n) is 4.93. The second-order valence-electron chi connectivity index (χ2n) is 9.87. The Bertz CT molecular complexity index is 1380. The fraction of sp³-hybridized carbons (Fsp3) is 0.357. The van der Waals surface area contributed by atoms with Crippen molar-refractivity contribution in [3.05, 3.63) is 65.9 Å². The zero-order chi connectivity index (χ0) is 28.8. The lowest BCUT2D eigenvalue weighted by Crippen LogP contribution is -2.57. The molecular weight excluding hydrogens is 534 g/mol. The number of fused-ring (bicyclic) bond motifs is 1. The molecule has 2 heterocycles. The number of nitrogens with zero attached hydrogens (tertiary/aromatic N) is 1. The van der Waals surface area contributed by atoms with Gasteiger partial charge in [-0.2, -0.15) is 12.6 Å². The molecule has 12 heteroatoms. The van der Waals surface area contributed by atoms with Gasteiger partial charge >= 0.3 is 5.97 Å². The number of hydrogen-bond donors (Lipinski definition) is 7. The molecule has 40 heavy (non-hydrogen) atoms. The first kappa shape index (κ1) is 29.0. The third-order valence-electron chi connectivity index (χ3n) is 7.08. The number of carbonyl (C=O) groups is 4. The molecule has 1 aromatic heterocycles. The molecule has 3 amide bonds. The van der Waals surface area contributed by atoms with Gasteiger partial charge in [0.15, 0.2) is 0 Å². The van der Waals surface area contributed by atoms with Gasteiger partial charge in [-0.25, -0.2) is 4.79 Å². The van der Waals surface area contributed by atoms with Crippen LogP contribution in [-0.4, -0.2) is 80.3 Å². The van der Waals surface area contributed by atoms with E-state index in [1.54, 1.807) is 18.3 Å². The number of hydrogen-bond acceptors (Lipinski definition) is 7. The minimum Gasteiger partial charge on any atom is -0.508 e. The highest BCUT2D eigenvalue weighted by molar-refractivity contribution is 7.80. The molecule has 0 radical (unpaired) electrons. The Morgan fingerprint density at radius 2 is 1.77 bits per heavy atom. The van der Waals surface area contributed by atoms with Gasteiger partial charge in [-0.1, -0.05) is 30.3 Å². The maximum absolute atomic E-state index is 13.4. The van der Waals surface area contributed by atoms with E-state index in [0.717, 1.165) is 22.0 Å². The summed E-state index contributed by atoms with van der Waals surface area (Å²) in [4.78, 5) is 55.8. The minimum atomic E-state index is -1.19. The summed E-state index contributed by atoms with van der Waals surface area (Å²) in [5.41, 5.74) is 8.41. The van der Waals surface area contributed by atoms with E-state index < -0.39 is 47.9 Å². The van der Waals surface area contributed by atoms with Gasteiger partial charge in [0.05, 0.1) is 6.04 Å². The number of H-pyrrole nitrogens is 1. The predicted octanol–water partition coefficient (Wildman–Crippen LogP) is 0.961. The van der Waals surface area contributed by atoms with E-state index in [2.05, 4.69) is 28.2 Å². The fourth-order valence-corrected chi connectivity index (χ4v) is 5.18. The molecule has 3 aromatic rings. The number of likely N-dealkylation sites (tertiary alicyclic amines) is 1. The zero-order valence-electron chi connectivity index (χ0n) is 21.7. The van der Waals surface area contributed by atoms with Crippen molar-refractivity contribution in [3.8, 4) is 5.75 Å². The Labute approximate surface area is 236 Å². The van der Waals surface area contributed by atoms with Gasteiger partial charge in [-0.05, 0) is 48.6 Å². The molecule has 1 aliphatic heterocycles. The van der Waals surface area contributed by atoms with Crippen molar-refractivity contribution < 1.29 is 29.4 Å². The van der Waals surface area contributed by atoms with Crippen molar-refractivity contribution in [2.45, 2.75) is 49.9 Å². The van der Waals surface area contributed by atoms with Crippen LogP contribution in [0.4, 0.5) is 0 Å². The van der Waals surface area contributed by atoms with Gasteiger partial charge in [0.25, 0.3) is 0 Å². The maximum Gasteiger partial charge on any atom is 0.326 e. The molecule has 4 rings (SSSR count). The smallest absolute Gasteiger partial charge is 0.326 e. The highest BCUT2D eigenvalue weighted by atomic mass is 32.1. The molecular formula is C28H33N5O6S. The van der Waals surface area contributed by atoms with Gasteiger partial charge in [0.1, 0.15) is 23.9 Å². The number of aromatic hydroxyl groups is 1. The Hall–Kier alpha value is -4.03. The SMILES string of the molecule is NC(Cc1ccc(O)cc1)C(=O)NC(CS)C(=O)N1CCCC1C(=O)NC(Cc1c[nH]c2ccccc12)C(=O)O. The second-order valence-corrected chi connectivity index (χ2v) is 10.2. The van der Waals surface area contributed by atoms with E-state index in [1.807, 2.05) is 24.3 Å². The van der Waals surface area contributed by atoms with E-state index in [9.17, 15) is 29.4 Å². The number of amides is 3. The summed E-state index contributed by atoms with van der Waals surface area (Å²) in [6.07, 6.45) is 2.91. The molecule has 0 aliphatic carbocycles. The van der Waals surface area contributed by atoms with Crippen LogP contribution in [0.25, 0.3) is 10.9 Å². The van der Waals surface area contributed by atoms with Crippen LogP contribution in [-0.2, 0) is 32.0 Å². The van der Waals surface area contributed by atoms with Crippen LogP contribution in [0.1, 0.15) is 24.0 Å². The number of rotatable bonds is 11. The largest absolute Gasteiger partial charge is 0.508 e. The zero-order valence-corrected chi connectivity index (χ0v) is 22.6. The molecule has 0 spiro atoms. The van der Waals surface area contributed by atoms with E-state index in [-0.39, 0.29) is 30.9 Å². The number of benzene rings is 2. The Morgan fingerprint density at radius 1 is 1.05 bits per heavy atom. The minimum absolute atomic E-state index is 0.0142. The van der Waals surface area contributed by atoms with Gasteiger partial charge < -0.3 is 36.5 Å². The van der Waals surface area contributed by atoms with E-state index in [1.165, 1.54) is 17.0 Å². The molecule has 0 saturated carbocycles. The molecule has 212 valence electrons. The monoisotopic (exact) mass is 567 g/mol. The number of aromatic amines is 1. The Balaban J connectivity index is 1.38. The lowest BCUT2D eigenvalue weighted by molar-refractivity contribution is -0.144.